The molecule has 2 heterocycles. The quantitative estimate of drug-likeness (QED) is 0.837. The SMILES string of the molecule is Cc1cnc(C)c(N2CCN(C(=O)c3ccc(Cl)cc3F)CC2)n1. The fourth-order valence-electron chi connectivity index (χ4n) is 2.78. The summed E-state index contributed by atoms with van der Waals surface area (Å²) in [5.41, 5.74) is 1.78. The molecule has 1 aromatic carbocycles. The van der Waals surface area contributed by atoms with E-state index in [9.17, 15) is 9.18 Å². The number of carbonyl (C=O) groups excluding carboxylic acids is 1. The van der Waals surface area contributed by atoms with Crippen LogP contribution in [0.15, 0.2) is 24.4 Å². The van der Waals surface area contributed by atoms with Gasteiger partial charge in [0.1, 0.15) is 11.6 Å². The van der Waals surface area contributed by atoms with Crippen molar-refractivity contribution in [3.05, 3.63) is 52.2 Å². The van der Waals surface area contributed by atoms with Gasteiger partial charge in [-0.2, -0.15) is 0 Å². The first-order valence-electron chi connectivity index (χ1n) is 7.75. The molecule has 126 valence electrons. The lowest BCUT2D eigenvalue weighted by Gasteiger charge is -2.36. The molecule has 1 aromatic heterocycles. The van der Waals surface area contributed by atoms with Crippen LogP contribution in [0.1, 0.15) is 21.7 Å². The fourth-order valence-corrected chi connectivity index (χ4v) is 2.94. The first kappa shape index (κ1) is 16.6. The Labute approximate surface area is 145 Å². The van der Waals surface area contributed by atoms with Crippen molar-refractivity contribution < 1.29 is 9.18 Å². The van der Waals surface area contributed by atoms with Crippen molar-refractivity contribution in [2.24, 2.45) is 0 Å². The van der Waals surface area contributed by atoms with Crippen LogP contribution in [0.3, 0.4) is 0 Å². The third-order valence-electron chi connectivity index (χ3n) is 4.08. The first-order chi connectivity index (χ1) is 11.5. The van der Waals surface area contributed by atoms with Crippen LogP contribution in [0.5, 0.6) is 0 Å². The van der Waals surface area contributed by atoms with Gasteiger partial charge in [0.05, 0.1) is 17.0 Å². The Kier molecular flexibility index (Phi) is 4.66. The number of carbonyl (C=O) groups is 1. The summed E-state index contributed by atoms with van der Waals surface area (Å²) in [7, 11) is 0. The maximum atomic E-state index is 13.9. The molecule has 0 bridgehead atoms. The Hall–Kier alpha value is -2.21. The van der Waals surface area contributed by atoms with Crippen LogP contribution >= 0.6 is 11.6 Å². The van der Waals surface area contributed by atoms with Gasteiger partial charge < -0.3 is 9.80 Å². The number of halogens is 2. The molecule has 3 rings (SSSR count). The maximum absolute atomic E-state index is 13.9. The van der Waals surface area contributed by atoms with E-state index in [4.69, 9.17) is 11.6 Å². The molecule has 0 spiro atoms. The van der Waals surface area contributed by atoms with Crippen LogP contribution in [0.25, 0.3) is 0 Å². The number of benzene rings is 1. The fraction of sp³-hybridized carbons (Fsp3) is 0.353. The van der Waals surface area contributed by atoms with E-state index in [1.165, 1.54) is 12.1 Å². The molecule has 5 nitrogen and oxygen atoms in total. The minimum absolute atomic E-state index is 0.0550. The number of anilines is 1. The predicted molar refractivity (Wildman–Crippen MR) is 91.0 cm³/mol. The molecule has 1 fully saturated rings. The predicted octanol–water partition coefficient (Wildman–Crippen LogP) is 2.85. The second-order valence-corrected chi connectivity index (χ2v) is 6.26. The molecular weight excluding hydrogens is 331 g/mol. The average molecular weight is 349 g/mol. The summed E-state index contributed by atoms with van der Waals surface area (Å²) in [5.74, 6) is -0.0500. The van der Waals surface area contributed by atoms with E-state index >= 15 is 0 Å². The summed E-state index contributed by atoms with van der Waals surface area (Å²) in [4.78, 5) is 25.1. The number of aryl methyl sites for hydroxylation is 2. The van der Waals surface area contributed by atoms with E-state index in [1.807, 2.05) is 13.8 Å². The Morgan fingerprint density at radius 1 is 1.21 bits per heavy atom. The highest BCUT2D eigenvalue weighted by molar-refractivity contribution is 6.30. The summed E-state index contributed by atoms with van der Waals surface area (Å²) < 4.78 is 13.9. The van der Waals surface area contributed by atoms with Crippen molar-refractivity contribution in [2.45, 2.75) is 13.8 Å². The van der Waals surface area contributed by atoms with E-state index in [2.05, 4.69) is 14.9 Å². The van der Waals surface area contributed by atoms with Crippen molar-refractivity contribution in [2.75, 3.05) is 31.1 Å². The molecule has 1 aliphatic rings. The van der Waals surface area contributed by atoms with Gasteiger partial charge >= 0.3 is 0 Å². The molecule has 1 amide bonds. The number of hydrogen-bond donors (Lipinski definition) is 0. The smallest absolute Gasteiger partial charge is 0.256 e. The minimum atomic E-state index is -0.588. The lowest BCUT2D eigenvalue weighted by atomic mass is 10.1. The number of rotatable bonds is 2. The summed E-state index contributed by atoms with van der Waals surface area (Å²) in [6, 6.07) is 4.12. The van der Waals surface area contributed by atoms with Gasteiger partial charge in [0.2, 0.25) is 0 Å². The van der Waals surface area contributed by atoms with Gasteiger partial charge in [-0.25, -0.2) is 9.37 Å². The van der Waals surface area contributed by atoms with E-state index in [1.54, 1.807) is 11.1 Å². The van der Waals surface area contributed by atoms with E-state index in [0.717, 1.165) is 23.3 Å². The zero-order chi connectivity index (χ0) is 17.3. The lowest BCUT2D eigenvalue weighted by Crippen LogP contribution is -2.49. The number of amides is 1. The van der Waals surface area contributed by atoms with Crippen molar-refractivity contribution in [3.8, 4) is 0 Å². The summed E-state index contributed by atoms with van der Waals surface area (Å²) in [6.45, 7) is 6.12. The van der Waals surface area contributed by atoms with Crippen LogP contribution in [0.2, 0.25) is 5.02 Å². The zero-order valence-electron chi connectivity index (χ0n) is 13.6. The van der Waals surface area contributed by atoms with Gasteiger partial charge in [0.15, 0.2) is 0 Å². The van der Waals surface area contributed by atoms with E-state index < -0.39 is 5.82 Å². The van der Waals surface area contributed by atoms with Gasteiger partial charge in [0.25, 0.3) is 5.91 Å². The molecular formula is C17H18ClFN4O. The molecule has 0 saturated carbocycles. The second-order valence-electron chi connectivity index (χ2n) is 5.82. The van der Waals surface area contributed by atoms with Crippen LogP contribution in [0, 0.1) is 19.7 Å². The summed E-state index contributed by atoms with van der Waals surface area (Å²) >= 11 is 5.74. The highest BCUT2D eigenvalue weighted by Crippen LogP contribution is 2.20. The third-order valence-corrected chi connectivity index (χ3v) is 4.31. The highest BCUT2D eigenvalue weighted by Gasteiger charge is 2.25. The van der Waals surface area contributed by atoms with Crippen molar-refractivity contribution in [3.63, 3.8) is 0 Å². The number of piperazine rings is 1. The van der Waals surface area contributed by atoms with Crippen molar-refractivity contribution in [1.82, 2.24) is 14.9 Å². The standard InChI is InChI=1S/C17H18ClFN4O/c1-11-10-20-12(2)16(21-11)22-5-7-23(8-6-22)17(24)14-4-3-13(18)9-15(14)19/h3-4,9-10H,5-8H2,1-2H3. The first-order valence-corrected chi connectivity index (χ1v) is 8.13. The van der Waals surface area contributed by atoms with Crippen molar-refractivity contribution >= 4 is 23.3 Å². The molecule has 0 atom stereocenters. The topological polar surface area (TPSA) is 49.3 Å². The molecule has 1 saturated heterocycles. The number of nitrogens with zero attached hydrogens (tertiary/aromatic N) is 4. The monoisotopic (exact) mass is 348 g/mol. The number of hydrogen-bond acceptors (Lipinski definition) is 4. The molecule has 24 heavy (non-hydrogen) atoms. The molecule has 2 aromatic rings. The average Bonchev–Trinajstić information content (AvgIpc) is 2.57. The van der Waals surface area contributed by atoms with E-state index in [0.29, 0.717) is 26.2 Å². The Morgan fingerprint density at radius 2 is 1.92 bits per heavy atom. The van der Waals surface area contributed by atoms with Gasteiger partial charge in [-0.05, 0) is 32.0 Å². The third kappa shape index (κ3) is 3.33. The van der Waals surface area contributed by atoms with Gasteiger partial charge in [0, 0.05) is 37.4 Å². The van der Waals surface area contributed by atoms with Gasteiger partial charge in [-0.3, -0.25) is 9.78 Å². The maximum Gasteiger partial charge on any atom is 0.256 e. The van der Waals surface area contributed by atoms with Crippen LogP contribution in [0.4, 0.5) is 10.2 Å². The van der Waals surface area contributed by atoms with E-state index in [-0.39, 0.29) is 16.5 Å². The molecule has 0 unspecified atom stereocenters. The number of aromatic nitrogens is 2. The Bertz CT molecular complexity index is 775. The highest BCUT2D eigenvalue weighted by atomic mass is 35.5. The Morgan fingerprint density at radius 3 is 2.58 bits per heavy atom. The molecule has 0 aliphatic carbocycles. The lowest BCUT2D eigenvalue weighted by molar-refractivity contribution is 0.0742. The largest absolute Gasteiger partial charge is 0.352 e. The minimum Gasteiger partial charge on any atom is -0.352 e. The molecule has 0 radical (unpaired) electrons. The van der Waals surface area contributed by atoms with Crippen LogP contribution in [-0.4, -0.2) is 47.0 Å². The summed E-state index contributed by atoms with van der Waals surface area (Å²) in [5, 5.41) is 0.280. The zero-order valence-corrected chi connectivity index (χ0v) is 14.3. The second kappa shape index (κ2) is 6.73. The normalized spacial score (nSPS) is 14.8. The molecule has 1 aliphatic heterocycles. The molecule has 0 N–H and O–H groups in total. The van der Waals surface area contributed by atoms with Gasteiger partial charge in [-0.1, -0.05) is 11.6 Å². The van der Waals surface area contributed by atoms with Crippen LogP contribution < -0.4 is 4.90 Å². The molecule has 7 heteroatoms. The summed E-state index contributed by atoms with van der Waals surface area (Å²) in [6.07, 6.45) is 1.74. The van der Waals surface area contributed by atoms with Gasteiger partial charge in [-0.15, -0.1) is 0 Å². The Balaban J connectivity index is 1.70. The van der Waals surface area contributed by atoms with Crippen molar-refractivity contribution in [1.29, 1.82) is 0 Å². The van der Waals surface area contributed by atoms with Crippen LogP contribution in [-0.2, 0) is 0 Å².